The molecule has 1 aromatic carbocycles. The van der Waals surface area contributed by atoms with E-state index in [2.05, 4.69) is 12.6 Å². The summed E-state index contributed by atoms with van der Waals surface area (Å²) in [5.74, 6) is 1.03. The molecule has 3 nitrogen and oxygen atoms in total. The molecule has 0 aromatic heterocycles. The number of rotatable bonds is 2. The lowest BCUT2D eigenvalue weighted by atomic mass is 10.1. The standard InChI is InChI=1S/C12H11ClN2OS/c13-10-3-8(5-14)1-2-11(10)15-6-9(7-17)4-12(15)16/h1-3,9,17H,4,6-7H2. The van der Waals surface area contributed by atoms with Crippen molar-refractivity contribution in [2.75, 3.05) is 17.2 Å². The molecule has 17 heavy (non-hydrogen) atoms. The molecule has 0 N–H and O–H groups in total. The average molecular weight is 267 g/mol. The lowest BCUT2D eigenvalue weighted by Gasteiger charge is -2.18. The van der Waals surface area contributed by atoms with Crippen LogP contribution in [0.25, 0.3) is 0 Å². The maximum atomic E-state index is 11.8. The van der Waals surface area contributed by atoms with Crippen molar-refractivity contribution >= 4 is 35.8 Å². The van der Waals surface area contributed by atoms with E-state index in [0.717, 1.165) is 0 Å². The molecule has 1 unspecified atom stereocenters. The predicted molar refractivity (Wildman–Crippen MR) is 70.5 cm³/mol. The van der Waals surface area contributed by atoms with Crippen LogP contribution in [0.2, 0.25) is 5.02 Å². The van der Waals surface area contributed by atoms with Crippen molar-refractivity contribution < 1.29 is 4.79 Å². The molecule has 0 saturated carbocycles. The van der Waals surface area contributed by atoms with Crippen molar-refractivity contribution in [2.24, 2.45) is 5.92 Å². The summed E-state index contributed by atoms with van der Waals surface area (Å²) in [6, 6.07) is 6.99. The van der Waals surface area contributed by atoms with Crippen LogP contribution >= 0.6 is 24.2 Å². The maximum absolute atomic E-state index is 11.8. The summed E-state index contributed by atoms with van der Waals surface area (Å²) in [6.45, 7) is 0.647. The Labute approximate surface area is 110 Å². The summed E-state index contributed by atoms with van der Waals surface area (Å²) in [6.07, 6.45) is 0.514. The Morgan fingerprint density at radius 3 is 2.88 bits per heavy atom. The molecule has 1 aliphatic rings. The maximum Gasteiger partial charge on any atom is 0.227 e. The summed E-state index contributed by atoms with van der Waals surface area (Å²) in [7, 11) is 0. The van der Waals surface area contributed by atoms with Gasteiger partial charge in [-0.1, -0.05) is 11.6 Å². The summed E-state index contributed by atoms with van der Waals surface area (Å²) in [5.41, 5.74) is 1.18. The number of nitriles is 1. The molecule has 1 atom stereocenters. The number of halogens is 1. The molecular weight excluding hydrogens is 256 g/mol. The zero-order chi connectivity index (χ0) is 12.4. The van der Waals surface area contributed by atoms with Gasteiger partial charge in [-0.2, -0.15) is 17.9 Å². The molecule has 0 bridgehead atoms. The minimum atomic E-state index is 0.0654. The molecule has 5 heteroatoms. The van der Waals surface area contributed by atoms with Crippen LogP contribution in [0.4, 0.5) is 5.69 Å². The van der Waals surface area contributed by atoms with E-state index in [0.29, 0.717) is 35.0 Å². The van der Waals surface area contributed by atoms with Crippen LogP contribution in [0.3, 0.4) is 0 Å². The van der Waals surface area contributed by atoms with E-state index in [1.807, 2.05) is 6.07 Å². The van der Waals surface area contributed by atoms with Gasteiger partial charge in [0.2, 0.25) is 5.91 Å². The molecule has 0 radical (unpaired) electrons. The van der Waals surface area contributed by atoms with Crippen molar-refractivity contribution in [1.82, 2.24) is 0 Å². The van der Waals surface area contributed by atoms with Crippen molar-refractivity contribution in [2.45, 2.75) is 6.42 Å². The molecule has 1 aromatic rings. The quantitative estimate of drug-likeness (QED) is 0.836. The Hall–Kier alpha value is -1.18. The Bertz CT molecular complexity index is 498. The van der Waals surface area contributed by atoms with Gasteiger partial charge >= 0.3 is 0 Å². The third-order valence-corrected chi connectivity index (χ3v) is 3.65. The highest BCUT2D eigenvalue weighted by molar-refractivity contribution is 7.80. The smallest absolute Gasteiger partial charge is 0.227 e. The molecule has 1 heterocycles. The number of nitrogens with zero attached hydrogens (tertiary/aromatic N) is 2. The Kier molecular flexibility index (Phi) is 3.60. The zero-order valence-corrected chi connectivity index (χ0v) is 10.7. The summed E-state index contributed by atoms with van der Waals surface area (Å²) < 4.78 is 0. The Balaban J connectivity index is 2.29. The molecule has 0 spiro atoms. The van der Waals surface area contributed by atoms with E-state index in [1.54, 1.807) is 23.1 Å². The van der Waals surface area contributed by atoms with Crippen LogP contribution in [-0.4, -0.2) is 18.2 Å². The minimum absolute atomic E-state index is 0.0654. The Morgan fingerprint density at radius 1 is 1.59 bits per heavy atom. The second-order valence-corrected chi connectivity index (χ2v) is 4.81. The lowest BCUT2D eigenvalue weighted by molar-refractivity contribution is -0.117. The fourth-order valence-electron chi connectivity index (χ4n) is 1.93. The first-order valence-corrected chi connectivity index (χ1v) is 6.27. The topological polar surface area (TPSA) is 44.1 Å². The fourth-order valence-corrected chi connectivity index (χ4v) is 2.46. The number of carbonyl (C=O) groups excluding carboxylic acids is 1. The van der Waals surface area contributed by atoms with Gasteiger partial charge in [0.25, 0.3) is 0 Å². The lowest BCUT2D eigenvalue weighted by Crippen LogP contribution is -2.24. The fraction of sp³-hybridized carbons (Fsp3) is 0.333. The van der Waals surface area contributed by atoms with Gasteiger partial charge in [-0.15, -0.1) is 0 Å². The van der Waals surface area contributed by atoms with E-state index >= 15 is 0 Å². The van der Waals surface area contributed by atoms with Gasteiger partial charge in [0, 0.05) is 13.0 Å². The highest BCUT2D eigenvalue weighted by Crippen LogP contribution is 2.32. The van der Waals surface area contributed by atoms with Crippen molar-refractivity contribution in [3.05, 3.63) is 28.8 Å². The van der Waals surface area contributed by atoms with Crippen LogP contribution in [0, 0.1) is 17.2 Å². The molecule has 1 saturated heterocycles. The number of thiol groups is 1. The predicted octanol–water partition coefficient (Wildman–Crippen LogP) is 2.49. The first-order chi connectivity index (χ1) is 8.15. The van der Waals surface area contributed by atoms with E-state index < -0.39 is 0 Å². The van der Waals surface area contributed by atoms with Gasteiger partial charge in [-0.25, -0.2) is 0 Å². The number of amides is 1. The van der Waals surface area contributed by atoms with E-state index in [9.17, 15) is 4.79 Å². The van der Waals surface area contributed by atoms with Gasteiger partial charge in [0.15, 0.2) is 0 Å². The molecule has 1 aliphatic heterocycles. The number of carbonyl (C=O) groups is 1. The average Bonchev–Trinajstić information content (AvgIpc) is 2.70. The highest BCUT2D eigenvalue weighted by atomic mass is 35.5. The normalized spacial score (nSPS) is 19.5. The number of anilines is 1. The van der Waals surface area contributed by atoms with E-state index in [4.69, 9.17) is 16.9 Å². The van der Waals surface area contributed by atoms with Crippen LogP contribution < -0.4 is 4.90 Å². The van der Waals surface area contributed by atoms with Crippen LogP contribution in [0.1, 0.15) is 12.0 Å². The van der Waals surface area contributed by atoms with Crippen molar-refractivity contribution in [1.29, 1.82) is 5.26 Å². The molecule has 0 aliphatic carbocycles. The van der Waals surface area contributed by atoms with Crippen molar-refractivity contribution in [3.8, 4) is 6.07 Å². The second-order valence-electron chi connectivity index (χ2n) is 4.04. The molecular formula is C12H11ClN2OS. The van der Waals surface area contributed by atoms with Gasteiger partial charge in [-0.3, -0.25) is 4.79 Å². The molecule has 1 fully saturated rings. The SMILES string of the molecule is N#Cc1ccc(N2CC(CS)CC2=O)c(Cl)c1. The second kappa shape index (κ2) is 4.99. The van der Waals surface area contributed by atoms with Crippen LogP contribution in [0.15, 0.2) is 18.2 Å². The summed E-state index contributed by atoms with van der Waals surface area (Å²) >= 11 is 10.3. The van der Waals surface area contributed by atoms with Crippen molar-refractivity contribution in [3.63, 3.8) is 0 Å². The van der Waals surface area contributed by atoms with Crippen LogP contribution in [-0.2, 0) is 4.79 Å². The van der Waals surface area contributed by atoms with Gasteiger partial charge < -0.3 is 4.90 Å². The summed E-state index contributed by atoms with van der Waals surface area (Å²) in [5, 5.41) is 9.19. The number of benzene rings is 1. The zero-order valence-electron chi connectivity index (χ0n) is 9.06. The van der Waals surface area contributed by atoms with Gasteiger partial charge in [-0.05, 0) is 29.9 Å². The van der Waals surface area contributed by atoms with Gasteiger partial charge in [0.1, 0.15) is 0 Å². The summed E-state index contributed by atoms with van der Waals surface area (Å²) in [4.78, 5) is 13.5. The molecule has 2 rings (SSSR count). The van der Waals surface area contributed by atoms with E-state index in [1.165, 1.54) is 0 Å². The molecule has 1 amide bonds. The number of hydrogen-bond acceptors (Lipinski definition) is 3. The Morgan fingerprint density at radius 2 is 2.35 bits per heavy atom. The minimum Gasteiger partial charge on any atom is -0.311 e. The number of hydrogen-bond donors (Lipinski definition) is 1. The third-order valence-electron chi connectivity index (χ3n) is 2.83. The largest absolute Gasteiger partial charge is 0.311 e. The van der Waals surface area contributed by atoms with Gasteiger partial charge in [0.05, 0.1) is 22.3 Å². The first kappa shape index (κ1) is 12.3. The monoisotopic (exact) mass is 266 g/mol. The van der Waals surface area contributed by atoms with E-state index in [-0.39, 0.29) is 11.8 Å². The highest BCUT2D eigenvalue weighted by Gasteiger charge is 2.30. The molecule has 88 valence electrons. The third kappa shape index (κ3) is 2.41. The first-order valence-electron chi connectivity index (χ1n) is 5.26. The van der Waals surface area contributed by atoms with Crippen LogP contribution in [0.5, 0.6) is 0 Å².